The van der Waals surface area contributed by atoms with Gasteiger partial charge in [0.2, 0.25) is 0 Å². The standard InChI is InChI=1S/C14H20N2O3S/c1-11(2)16-12(10-15)8-9-19-13-4-6-14(7-5-13)20(3,17)18/h4-7,11-12,16H,8-9H2,1-3H3. The van der Waals surface area contributed by atoms with E-state index in [1.54, 1.807) is 12.1 Å². The lowest BCUT2D eigenvalue weighted by atomic mass is 10.2. The quantitative estimate of drug-likeness (QED) is 0.829. The number of benzene rings is 1. The Balaban J connectivity index is 2.49. The van der Waals surface area contributed by atoms with Crippen LogP contribution in [0.25, 0.3) is 0 Å². The van der Waals surface area contributed by atoms with E-state index >= 15 is 0 Å². The second-order valence-electron chi connectivity index (χ2n) is 4.88. The third kappa shape index (κ3) is 5.59. The average molecular weight is 296 g/mol. The molecule has 0 heterocycles. The molecular weight excluding hydrogens is 276 g/mol. The number of sulfone groups is 1. The molecule has 1 unspecified atom stereocenters. The molecule has 0 saturated carbocycles. The maximum absolute atomic E-state index is 11.3. The molecule has 0 aliphatic carbocycles. The minimum atomic E-state index is -3.18. The molecule has 0 amide bonds. The van der Waals surface area contributed by atoms with Gasteiger partial charge in [-0.05, 0) is 38.1 Å². The van der Waals surface area contributed by atoms with Gasteiger partial charge >= 0.3 is 0 Å². The van der Waals surface area contributed by atoms with Crippen molar-refractivity contribution >= 4 is 9.84 Å². The molecule has 0 aliphatic rings. The van der Waals surface area contributed by atoms with Crippen LogP contribution in [0.15, 0.2) is 29.2 Å². The molecule has 0 bridgehead atoms. The average Bonchev–Trinajstić information content (AvgIpc) is 2.36. The monoisotopic (exact) mass is 296 g/mol. The molecular formula is C14H20N2O3S. The van der Waals surface area contributed by atoms with Crippen molar-refractivity contribution in [3.05, 3.63) is 24.3 Å². The van der Waals surface area contributed by atoms with Gasteiger partial charge in [0.15, 0.2) is 9.84 Å². The van der Waals surface area contributed by atoms with Gasteiger partial charge < -0.3 is 4.74 Å². The van der Waals surface area contributed by atoms with Gasteiger partial charge in [-0.2, -0.15) is 5.26 Å². The van der Waals surface area contributed by atoms with Crippen molar-refractivity contribution in [2.75, 3.05) is 12.9 Å². The van der Waals surface area contributed by atoms with E-state index in [9.17, 15) is 8.42 Å². The number of nitriles is 1. The molecule has 20 heavy (non-hydrogen) atoms. The molecule has 0 aromatic heterocycles. The molecule has 0 radical (unpaired) electrons. The number of hydrogen-bond donors (Lipinski definition) is 1. The van der Waals surface area contributed by atoms with Crippen LogP contribution in [-0.4, -0.2) is 33.4 Å². The van der Waals surface area contributed by atoms with Gasteiger partial charge in [-0.25, -0.2) is 8.42 Å². The van der Waals surface area contributed by atoms with Gasteiger partial charge in [-0.3, -0.25) is 5.32 Å². The summed E-state index contributed by atoms with van der Waals surface area (Å²) in [5.41, 5.74) is 0. The van der Waals surface area contributed by atoms with E-state index in [0.717, 1.165) is 6.26 Å². The summed E-state index contributed by atoms with van der Waals surface area (Å²) in [6.07, 6.45) is 1.74. The van der Waals surface area contributed by atoms with E-state index in [-0.39, 0.29) is 17.0 Å². The summed E-state index contributed by atoms with van der Waals surface area (Å²) in [6, 6.07) is 8.44. The van der Waals surface area contributed by atoms with Crippen LogP contribution >= 0.6 is 0 Å². The first-order chi connectivity index (χ1) is 9.32. The van der Waals surface area contributed by atoms with Crippen LogP contribution in [0.2, 0.25) is 0 Å². The van der Waals surface area contributed by atoms with Crippen molar-refractivity contribution in [3.8, 4) is 11.8 Å². The Morgan fingerprint density at radius 3 is 2.35 bits per heavy atom. The fourth-order valence-corrected chi connectivity index (χ4v) is 2.30. The van der Waals surface area contributed by atoms with E-state index in [1.165, 1.54) is 12.1 Å². The highest BCUT2D eigenvalue weighted by atomic mass is 32.2. The Morgan fingerprint density at radius 2 is 1.90 bits per heavy atom. The molecule has 110 valence electrons. The lowest BCUT2D eigenvalue weighted by Crippen LogP contribution is -2.34. The van der Waals surface area contributed by atoms with Gasteiger partial charge in [0.05, 0.1) is 23.6 Å². The molecule has 0 aliphatic heterocycles. The van der Waals surface area contributed by atoms with Crippen LogP contribution in [0.4, 0.5) is 0 Å². The Hall–Kier alpha value is -1.58. The summed E-state index contributed by atoms with van der Waals surface area (Å²) >= 11 is 0. The first-order valence-corrected chi connectivity index (χ1v) is 8.30. The van der Waals surface area contributed by atoms with Crippen LogP contribution in [0.1, 0.15) is 20.3 Å². The SMILES string of the molecule is CC(C)NC(C#N)CCOc1ccc(S(C)(=O)=O)cc1. The third-order valence-electron chi connectivity index (χ3n) is 2.62. The summed E-state index contributed by atoms with van der Waals surface area (Å²) in [4.78, 5) is 0.265. The van der Waals surface area contributed by atoms with Gasteiger partial charge in [-0.1, -0.05) is 0 Å². The van der Waals surface area contributed by atoms with Crippen molar-refractivity contribution in [2.45, 2.75) is 37.2 Å². The van der Waals surface area contributed by atoms with Crippen molar-refractivity contribution in [2.24, 2.45) is 0 Å². The fraction of sp³-hybridized carbons (Fsp3) is 0.500. The summed E-state index contributed by atoms with van der Waals surface area (Å²) in [5, 5.41) is 12.1. The number of nitrogens with zero attached hydrogens (tertiary/aromatic N) is 1. The van der Waals surface area contributed by atoms with Gasteiger partial charge in [0.25, 0.3) is 0 Å². The Kier molecular flexibility index (Phi) is 5.99. The third-order valence-corrected chi connectivity index (χ3v) is 3.75. The lowest BCUT2D eigenvalue weighted by Gasteiger charge is -2.14. The minimum absolute atomic E-state index is 0.244. The predicted molar refractivity (Wildman–Crippen MR) is 77.3 cm³/mol. The van der Waals surface area contributed by atoms with E-state index in [4.69, 9.17) is 10.00 Å². The molecule has 0 spiro atoms. The Labute approximate surface area is 120 Å². The number of hydrogen-bond acceptors (Lipinski definition) is 5. The molecule has 1 aromatic carbocycles. The Morgan fingerprint density at radius 1 is 1.30 bits per heavy atom. The van der Waals surface area contributed by atoms with Gasteiger partial charge in [0, 0.05) is 18.7 Å². The highest BCUT2D eigenvalue weighted by molar-refractivity contribution is 7.90. The number of nitrogens with one attached hydrogen (secondary N) is 1. The van der Waals surface area contributed by atoms with E-state index in [2.05, 4.69) is 11.4 Å². The van der Waals surface area contributed by atoms with Crippen molar-refractivity contribution in [1.82, 2.24) is 5.32 Å². The summed E-state index contributed by atoms with van der Waals surface area (Å²) in [7, 11) is -3.18. The maximum Gasteiger partial charge on any atom is 0.175 e. The summed E-state index contributed by atoms with van der Waals surface area (Å²) in [5.74, 6) is 0.596. The maximum atomic E-state index is 11.3. The first-order valence-electron chi connectivity index (χ1n) is 6.41. The van der Waals surface area contributed by atoms with Crippen molar-refractivity contribution in [3.63, 3.8) is 0 Å². The number of rotatable bonds is 7. The lowest BCUT2D eigenvalue weighted by molar-refractivity contribution is 0.294. The van der Waals surface area contributed by atoms with Crippen LogP contribution in [0.3, 0.4) is 0 Å². The van der Waals surface area contributed by atoms with Gasteiger partial charge in [0.1, 0.15) is 5.75 Å². The zero-order chi connectivity index (χ0) is 15.2. The predicted octanol–water partition coefficient (Wildman–Crippen LogP) is 1.75. The molecule has 1 N–H and O–H groups in total. The van der Waals surface area contributed by atoms with Crippen LogP contribution in [-0.2, 0) is 9.84 Å². The van der Waals surface area contributed by atoms with E-state index in [0.29, 0.717) is 18.8 Å². The topological polar surface area (TPSA) is 79.2 Å². The molecule has 6 heteroatoms. The smallest absolute Gasteiger partial charge is 0.175 e. The molecule has 0 saturated heterocycles. The highest BCUT2D eigenvalue weighted by Gasteiger charge is 2.09. The molecule has 5 nitrogen and oxygen atoms in total. The molecule has 1 aromatic rings. The second kappa shape index (κ2) is 7.27. The highest BCUT2D eigenvalue weighted by Crippen LogP contribution is 2.16. The number of ether oxygens (including phenoxy) is 1. The minimum Gasteiger partial charge on any atom is -0.493 e. The van der Waals surface area contributed by atoms with Crippen LogP contribution in [0, 0.1) is 11.3 Å². The second-order valence-corrected chi connectivity index (χ2v) is 6.90. The molecule has 0 fully saturated rings. The zero-order valence-corrected chi connectivity index (χ0v) is 12.8. The Bertz CT molecular complexity index is 559. The van der Waals surface area contributed by atoms with Crippen molar-refractivity contribution < 1.29 is 13.2 Å². The fourth-order valence-electron chi connectivity index (χ4n) is 1.67. The molecule has 1 rings (SSSR count). The van der Waals surface area contributed by atoms with Crippen LogP contribution < -0.4 is 10.1 Å². The zero-order valence-electron chi connectivity index (χ0n) is 12.0. The van der Waals surface area contributed by atoms with Crippen LogP contribution in [0.5, 0.6) is 5.75 Å². The van der Waals surface area contributed by atoms with Crippen molar-refractivity contribution in [1.29, 1.82) is 5.26 Å². The normalized spacial score (nSPS) is 12.9. The summed E-state index contributed by atoms with van der Waals surface area (Å²) in [6.45, 7) is 4.36. The first kappa shape index (κ1) is 16.5. The largest absolute Gasteiger partial charge is 0.493 e. The molecule has 1 atom stereocenters. The van der Waals surface area contributed by atoms with E-state index in [1.807, 2.05) is 13.8 Å². The van der Waals surface area contributed by atoms with E-state index < -0.39 is 9.84 Å². The summed E-state index contributed by atoms with van der Waals surface area (Å²) < 4.78 is 28.1. The van der Waals surface area contributed by atoms with Gasteiger partial charge in [-0.15, -0.1) is 0 Å².